The largest absolute Gasteiger partial charge is 0.494 e. The van der Waals surface area contributed by atoms with E-state index >= 15 is 0 Å². The Morgan fingerprint density at radius 3 is 2.50 bits per heavy atom. The molecular weight excluding hydrogens is 354 g/mol. The fourth-order valence-electron chi connectivity index (χ4n) is 2.55. The van der Waals surface area contributed by atoms with E-state index in [1.807, 2.05) is 26.0 Å². The first kappa shape index (κ1) is 18.0. The van der Waals surface area contributed by atoms with Gasteiger partial charge in [0.05, 0.1) is 18.8 Å². The van der Waals surface area contributed by atoms with Gasteiger partial charge in [0.2, 0.25) is 0 Å². The van der Waals surface area contributed by atoms with Gasteiger partial charge in [0.25, 0.3) is 0 Å². The van der Waals surface area contributed by atoms with Crippen LogP contribution >= 0.6 is 11.6 Å². The minimum atomic E-state index is -0.508. The summed E-state index contributed by atoms with van der Waals surface area (Å²) in [6.07, 6.45) is 1.71. The van der Waals surface area contributed by atoms with Gasteiger partial charge in [-0.2, -0.15) is 0 Å². The van der Waals surface area contributed by atoms with Gasteiger partial charge in [-0.1, -0.05) is 28.9 Å². The summed E-state index contributed by atoms with van der Waals surface area (Å²) in [6.45, 7) is 4.87. The Bertz CT molecular complexity index is 872. The molecule has 0 amide bonds. The van der Waals surface area contributed by atoms with Crippen molar-refractivity contribution in [3.8, 4) is 11.5 Å². The van der Waals surface area contributed by atoms with Crippen LogP contribution in [0.5, 0.6) is 11.5 Å². The number of carbonyl (C=O) groups excluding carboxylic acids is 1. The van der Waals surface area contributed by atoms with Crippen LogP contribution in [0, 0.1) is 0 Å². The summed E-state index contributed by atoms with van der Waals surface area (Å²) in [7, 11) is 0. The normalized spacial score (nSPS) is 15.0. The lowest BCUT2D eigenvalue weighted by atomic mass is 10.0. The number of rotatable bonds is 6. The summed E-state index contributed by atoms with van der Waals surface area (Å²) in [5.74, 6) is 0.825. The standard InChI is InChI=1S/C20H18ClNO4/c1-3-24-16-10-7-14(18(12-16)25-4-2)11-17-19(22-26-20(17)23)13-5-8-15(21)9-6-13/h5-12H,3-4H2,1-2H3/b17-11-. The molecule has 0 saturated carbocycles. The van der Waals surface area contributed by atoms with Crippen molar-refractivity contribution in [3.63, 3.8) is 0 Å². The van der Waals surface area contributed by atoms with E-state index in [1.165, 1.54) is 0 Å². The third-order valence-corrected chi connectivity index (χ3v) is 3.96. The zero-order chi connectivity index (χ0) is 18.5. The second-order valence-electron chi connectivity index (χ2n) is 5.45. The van der Waals surface area contributed by atoms with Crippen LogP contribution in [0.4, 0.5) is 0 Å². The molecular formula is C20H18ClNO4. The molecule has 0 aliphatic carbocycles. The number of nitrogens with zero attached hydrogens (tertiary/aromatic N) is 1. The first-order valence-electron chi connectivity index (χ1n) is 8.29. The first-order valence-corrected chi connectivity index (χ1v) is 8.67. The minimum absolute atomic E-state index is 0.359. The van der Waals surface area contributed by atoms with Crippen LogP contribution in [0.15, 0.2) is 53.2 Å². The molecule has 0 N–H and O–H groups in total. The van der Waals surface area contributed by atoms with Gasteiger partial charge in [0.15, 0.2) is 0 Å². The maximum atomic E-state index is 12.2. The highest BCUT2D eigenvalue weighted by Crippen LogP contribution is 2.29. The van der Waals surface area contributed by atoms with Gasteiger partial charge in [-0.3, -0.25) is 0 Å². The fourth-order valence-corrected chi connectivity index (χ4v) is 2.68. The number of hydrogen-bond acceptors (Lipinski definition) is 5. The van der Waals surface area contributed by atoms with Crippen molar-refractivity contribution in [1.29, 1.82) is 0 Å². The third kappa shape index (κ3) is 3.89. The molecule has 1 aliphatic heterocycles. The van der Waals surface area contributed by atoms with Crippen LogP contribution < -0.4 is 9.47 Å². The molecule has 0 bridgehead atoms. The third-order valence-electron chi connectivity index (χ3n) is 3.71. The van der Waals surface area contributed by atoms with Crippen molar-refractivity contribution in [2.75, 3.05) is 13.2 Å². The number of benzene rings is 2. The summed E-state index contributed by atoms with van der Waals surface area (Å²) in [5, 5.41) is 4.51. The van der Waals surface area contributed by atoms with Crippen LogP contribution in [-0.2, 0) is 9.63 Å². The topological polar surface area (TPSA) is 57.1 Å². The molecule has 26 heavy (non-hydrogen) atoms. The summed E-state index contributed by atoms with van der Waals surface area (Å²) in [5.41, 5.74) is 2.31. The molecule has 6 heteroatoms. The Labute approximate surface area is 156 Å². The quantitative estimate of drug-likeness (QED) is 0.555. The average Bonchev–Trinajstić information content (AvgIpc) is 2.99. The molecule has 0 atom stereocenters. The first-order chi connectivity index (χ1) is 12.6. The van der Waals surface area contributed by atoms with Gasteiger partial charge >= 0.3 is 5.97 Å². The maximum absolute atomic E-state index is 12.2. The van der Waals surface area contributed by atoms with E-state index in [-0.39, 0.29) is 0 Å². The van der Waals surface area contributed by atoms with Crippen molar-refractivity contribution in [3.05, 3.63) is 64.2 Å². The van der Waals surface area contributed by atoms with E-state index in [1.54, 1.807) is 36.4 Å². The Balaban J connectivity index is 2.00. The monoisotopic (exact) mass is 371 g/mol. The van der Waals surface area contributed by atoms with Gasteiger partial charge in [0, 0.05) is 22.2 Å². The van der Waals surface area contributed by atoms with Gasteiger partial charge in [-0.05, 0) is 44.2 Å². The zero-order valence-electron chi connectivity index (χ0n) is 14.5. The van der Waals surface area contributed by atoms with E-state index in [0.29, 0.717) is 41.0 Å². The minimum Gasteiger partial charge on any atom is -0.494 e. The molecule has 0 aromatic heterocycles. The molecule has 5 nitrogen and oxygen atoms in total. The molecule has 134 valence electrons. The van der Waals surface area contributed by atoms with E-state index in [0.717, 1.165) is 11.1 Å². The van der Waals surface area contributed by atoms with E-state index in [9.17, 15) is 4.79 Å². The zero-order valence-corrected chi connectivity index (χ0v) is 15.2. The van der Waals surface area contributed by atoms with Crippen LogP contribution in [0.2, 0.25) is 5.02 Å². The second kappa shape index (κ2) is 8.06. The molecule has 1 heterocycles. The number of ether oxygens (including phenoxy) is 2. The highest BCUT2D eigenvalue weighted by molar-refractivity contribution is 6.32. The number of halogens is 1. The SMILES string of the molecule is CCOc1ccc(/C=C2\C(=O)ON=C2c2ccc(Cl)cc2)c(OCC)c1. The molecule has 0 saturated heterocycles. The molecule has 0 spiro atoms. The van der Waals surface area contributed by atoms with Crippen LogP contribution in [0.25, 0.3) is 6.08 Å². The van der Waals surface area contributed by atoms with Crippen LogP contribution in [-0.4, -0.2) is 24.9 Å². The summed E-state index contributed by atoms with van der Waals surface area (Å²) in [4.78, 5) is 17.1. The molecule has 0 unspecified atom stereocenters. The Morgan fingerprint density at radius 2 is 1.81 bits per heavy atom. The van der Waals surface area contributed by atoms with Crippen molar-refractivity contribution < 1.29 is 19.1 Å². The van der Waals surface area contributed by atoms with E-state index < -0.39 is 5.97 Å². The lowest BCUT2D eigenvalue weighted by molar-refractivity contribution is -0.136. The van der Waals surface area contributed by atoms with Crippen LogP contribution in [0.1, 0.15) is 25.0 Å². The highest BCUT2D eigenvalue weighted by Gasteiger charge is 2.27. The fraction of sp³-hybridized carbons (Fsp3) is 0.200. The van der Waals surface area contributed by atoms with E-state index in [4.69, 9.17) is 25.9 Å². The summed E-state index contributed by atoms with van der Waals surface area (Å²) in [6, 6.07) is 12.5. The summed E-state index contributed by atoms with van der Waals surface area (Å²) < 4.78 is 11.2. The average molecular weight is 372 g/mol. The number of oxime groups is 1. The predicted octanol–water partition coefficient (Wildman–Crippen LogP) is 4.48. The van der Waals surface area contributed by atoms with Crippen molar-refractivity contribution in [2.24, 2.45) is 5.16 Å². The smallest absolute Gasteiger partial charge is 0.368 e. The Hall–Kier alpha value is -2.79. The Kier molecular flexibility index (Phi) is 5.58. The van der Waals surface area contributed by atoms with Crippen molar-refractivity contribution in [2.45, 2.75) is 13.8 Å². The van der Waals surface area contributed by atoms with E-state index in [2.05, 4.69) is 5.16 Å². The molecule has 2 aromatic rings. The van der Waals surface area contributed by atoms with Crippen molar-refractivity contribution >= 4 is 29.4 Å². The highest BCUT2D eigenvalue weighted by atomic mass is 35.5. The molecule has 0 fully saturated rings. The van der Waals surface area contributed by atoms with Crippen LogP contribution in [0.3, 0.4) is 0 Å². The lowest BCUT2D eigenvalue weighted by Crippen LogP contribution is -2.07. The van der Waals surface area contributed by atoms with Gasteiger partial charge in [0.1, 0.15) is 17.2 Å². The predicted molar refractivity (Wildman–Crippen MR) is 101 cm³/mol. The van der Waals surface area contributed by atoms with Crippen molar-refractivity contribution in [1.82, 2.24) is 0 Å². The number of carbonyl (C=O) groups is 1. The van der Waals surface area contributed by atoms with Gasteiger partial charge in [-0.15, -0.1) is 0 Å². The van der Waals surface area contributed by atoms with Gasteiger partial charge < -0.3 is 14.3 Å². The summed E-state index contributed by atoms with van der Waals surface area (Å²) >= 11 is 5.93. The lowest BCUT2D eigenvalue weighted by Gasteiger charge is -2.11. The molecule has 3 rings (SSSR count). The Morgan fingerprint density at radius 1 is 1.08 bits per heavy atom. The molecule has 2 aromatic carbocycles. The maximum Gasteiger partial charge on any atom is 0.368 e. The second-order valence-corrected chi connectivity index (χ2v) is 5.89. The molecule has 0 radical (unpaired) electrons. The van der Waals surface area contributed by atoms with Gasteiger partial charge in [-0.25, -0.2) is 4.79 Å². The number of hydrogen-bond donors (Lipinski definition) is 0. The molecule has 1 aliphatic rings.